The number of hydrogen-bond acceptors (Lipinski definition) is 2. The van der Waals surface area contributed by atoms with Crippen LogP contribution < -0.4 is 0 Å². The van der Waals surface area contributed by atoms with Gasteiger partial charge in [-0.2, -0.15) is 0 Å². The summed E-state index contributed by atoms with van der Waals surface area (Å²) in [5, 5.41) is 2.96. The molecule has 34 heavy (non-hydrogen) atoms. The minimum absolute atomic E-state index is 0.314. The Labute approximate surface area is 215 Å². The van der Waals surface area contributed by atoms with E-state index in [4.69, 9.17) is 0 Å². The van der Waals surface area contributed by atoms with E-state index >= 15 is 0 Å². The van der Waals surface area contributed by atoms with Crippen molar-refractivity contribution >= 4 is 41.7 Å². The van der Waals surface area contributed by atoms with Crippen molar-refractivity contribution in [2.45, 2.75) is 83.0 Å². The van der Waals surface area contributed by atoms with Gasteiger partial charge in [-0.15, -0.1) is 0 Å². The van der Waals surface area contributed by atoms with Gasteiger partial charge in [0.1, 0.15) is 0 Å². The van der Waals surface area contributed by atoms with E-state index in [2.05, 4.69) is 101 Å². The van der Waals surface area contributed by atoms with Gasteiger partial charge < -0.3 is 0 Å². The second kappa shape index (κ2) is 13.0. The fourth-order valence-electron chi connectivity index (χ4n) is 6.37. The molecular weight excluding hydrogens is 518 g/mol. The van der Waals surface area contributed by atoms with E-state index in [1.165, 1.54) is 53.9 Å². The topological polar surface area (TPSA) is 6.48 Å². The van der Waals surface area contributed by atoms with Crippen molar-refractivity contribution in [3.05, 3.63) is 53.5 Å². The third kappa shape index (κ3) is 6.31. The molecule has 0 radical (unpaired) electrons. The van der Waals surface area contributed by atoms with E-state index in [0.29, 0.717) is 12.9 Å². The first-order valence-electron chi connectivity index (χ1n) is 13.9. The molecule has 0 aromatic heterocycles. The summed E-state index contributed by atoms with van der Waals surface area (Å²) in [6.45, 7) is 7.50. The molecule has 0 saturated heterocycles. The Bertz CT molecular complexity index is 917. The molecule has 186 valence electrons. The molecule has 0 saturated carbocycles. The van der Waals surface area contributed by atoms with Gasteiger partial charge in [-0.3, -0.25) is 0 Å². The molecule has 3 rings (SSSR count). The van der Waals surface area contributed by atoms with Gasteiger partial charge in [-0.25, -0.2) is 0 Å². The van der Waals surface area contributed by atoms with Gasteiger partial charge in [0, 0.05) is 0 Å². The summed E-state index contributed by atoms with van der Waals surface area (Å²) >= 11 is -2.34. The maximum absolute atomic E-state index is 2.61. The SMILES string of the molecule is CCC[CH2][Sn]([CH2]CCC)([CH2]CCC)[CH2]C1C(=CB(N(C)C)N(C)C)c2cccc3cccc1c23. The molecule has 1 atom stereocenters. The first-order chi connectivity index (χ1) is 16.4. The summed E-state index contributed by atoms with van der Waals surface area (Å²) in [4.78, 5) is 4.71. The van der Waals surface area contributed by atoms with Crippen LogP contribution in [0.2, 0.25) is 17.7 Å². The van der Waals surface area contributed by atoms with Crippen molar-refractivity contribution in [1.82, 2.24) is 9.62 Å². The van der Waals surface area contributed by atoms with Gasteiger partial charge in [0.15, 0.2) is 0 Å². The molecule has 2 nitrogen and oxygen atoms in total. The third-order valence-electron chi connectivity index (χ3n) is 8.20. The monoisotopic (exact) mass is 568 g/mol. The van der Waals surface area contributed by atoms with Gasteiger partial charge in [-0.05, 0) is 0 Å². The molecule has 1 unspecified atom stereocenters. The van der Waals surface area contributed by atoms with Gasteiger partial charge in [0.05, 0.1) is 0 Å². The average Bonchev–Trinajstić information content (AvgIpc) is 3.11. The minimum atomic E-state index is -2.34. The molecular formula is C30H49BN2Sn. The fraction of sp³-hybridized carbons (Fsp3) is 0.600. The predicted octanol–water partition coefficient (Wildman–Crippen LogP) is 8.32. The van der Waals surface area contributed by atoms with Crippen LogP contribution in [0.1, 0.15) is 76.3 Å². The van der Waals surface area contributed by atoms with Crippen molar-refractivity contribution in [2.24, 2.45) is 0 Å². The van der Waals surface area contributed by atoms with E-state index in [0.717, 1.165) is 0 Å². The van der Waals surface area contributed by atoms with Crippen LogP contribution in [0.15, 0.2) is 42.4 Å². The van der Waals surface area contributed by atoms with Crippen LogP contribution in [0.5, 0.6) is 0 Å². The second-order valence-corrected chi connectivity index (χ2v) is 25.3. The summed E-state index contributed by atoms with van der Waals surface area (Å²) in [5.41, 5.74) is 4.75. The van der Waals surface area contributed by atoms with Crippen LogP contribution in [0.3, 0.4) is 0 Å². The number of allylic oxidation sites excluding steroid dienone is 1. The summed E-state index contributed by atoms with van der Waals surface area (Å²) in [7, 11) is 8.86. The Hall–Kier alpha value is -0.776. The van der Waals surface area contributed by atoms with E-state index in [-0.39, 0.29) is 0 Å². The number of unbranched alkanes of at least 4 members (excludes halogenated alkanes) is 3. The molecule has 0 spiro atoms. The van der Waals surface area contributed by atoms with Crippen molar-refractivity contribution in [2.75, 3.05) is 28.2 Å². The van der Waals surface area contributed by atoms with Crippen LogP contribution in [-0.2, 0) is 0 Å². The number of hydrogen-bond donors (Lipinski definition) is 0. The molecule has 2 aromatic carbocycles. The summed E-state index contributed by atoms with van der Waals surface area (Å²) in [6.07, 6.45) is 8.40. The van der Waals surface area contributed by atoms with Crippen molar-refractivity contribution in [1.29, 1.82) is 0 Å². The summed E-state index contributed by atoms with van der Waals surface area (Å²) < 4.78 is 6.27. The Morgan fingerprint density at radius 1 is 0.794 bits per heavy atom. The molecule has 0 heterocycles. The Balaban J connectivity index is 2.14. The predicted molar refractivity (Wildman–Crippen MR) is 157 cm³/mol. The first-order valence-corrected chi connectivity index (χ1v) is 22.0. The summed E-state index contributed by atoms with van der Waals surface area (Å²) in [5.74, 6) is 3.19. The Morgan fingerprint density at radius 2 is 1.32 bits per heavy atom. The first kappa shape index (κ1) is 27.8. The number of benzene rings is 2. The zero-order valence-corrected chi connectivity index (χ0v) is 26.0. The molecule has 0 aliphatic heterocycles. The van der Waals surface area contributed by atoms with Crippen LogP contribution >= 0.6 is 0 Å². The maximum atomic E-state index is 2.61. The number of rotatable bonds is 14. The van der Waals surface area contributed by atoms with Crippen LogP contribution in [0.4, 0.5) is 0 Å². The van der Waals surface area contributed by atoms with E-state index < -0.39 is 18.4 Å². The van der Waals surface area contributed by atoms with Crippen molar-refractivity contribution in [3.8, 4) is 0 Å². The molecule has 0 N–H and O–H groups in total. The second-order valence-electron chi connectivity index (χ2n) is 11.3. The van der Waals surface area contributed by atoms with Gasteiger partial charge in [-0.1, -0.05) is 0 Å². The van der Waals surface area contributed by atoms with Gasteiger partial charge >= 0.3 is 216 Å². The summed E-state index contributed by atoms with van der Waals surface area (Å²) in [6, 6.07) is 14.1. The third-order valence-corrected chi connectivity index (χ3v) is 24.0. The molecule has 0 fully saturated rings. The molecule has 1 aliphatic rings. The van der Waals surface area contributed by atoms with Crippen molar-refractivity contribution < 1.29 is 0 Å². The zero-order chi connectivity index (χ0) is 24.7. The van der Waals surface area contributed by atoms with Crippen molar-refractivity contribution in [3.63, 3.8) is 0 Å². The molecule has 4 heteroatoms. The molecule has 0 amide bonds. The average molecular weight is 567 g/mol. The fourth-order valence-corrected chi connectivity index (χ4v) is 23.4. The van der Waals surface area contributed by atoms with E-state index in [1.807, 2.05) is 0 Å². The molecule has 0 bridgehead atoms. The normalized spacial score (nSPS) is 17.0. The quantitative estimate of drug-likeness (QED) is 0.212. The van der Waals surface area contributed by atoms with Crippen LogP contribution in [0, 0.1) is 0 Å². The Morgan fingerprint density at radius 3 is 1.82 bits per heavy atom. The number of nitrogens with zero attached hydrogens (tertiary/aromatic N) is 2. The standard InChI is InChI=1S/C18H22BN2.3C4H9.Sn/c1-13-15-10-6-8-14-9-7-11-16(18(14)15)17(13)12-19(20(2)3)21(4)5;3*1-3-4-2;/h6-13H,1H2,2-5H3;3*1,3-4H2,2H3;. The van der Waals surface area contributed by atoms with Gasteiger partial charge in [0.25, 0.3) is 0 Å². The van der Waals surface area contributed by atoms with E-state index in [1.54, 1.807) is 29.8 Å². The van der Waals surface area contributed by atoms with E-state index in [9.17, 15) is 0 Å². The van der Waals surface area contributed by atoms with Crippen LogP contribution in [0.25, 0.3) is 16.3 Å². The van der Waals surface area contributed by atoms with Gasteiger partial charge in [0.2, 0.25) is 0 Å². The Kier molecular flexibility index (Phi) is 10.6. The zero-order valence-electron chi connectivity index (χ0n) is 23.2. The molecule has 2 aromatic rings. The van der Waals surface area contributed by atoms with Crippen LogP contribution in [-0.4, -0.2) is 63.2 Å². The molecule has 1 aliphatic carbocycles.